The summed E-state index contributed by atoms with van der Waals surface area (Å²) in [6.45, 7) is 3.85. The molecular formula is C16H17FN2O2. The molecule has 0 spiro atoms. The Morgan fingerprint density at radius 2 is 2.14 bits per heavy atom. The van der Waals surface area contributed by atoms with E-state index in [-0.39, 0.29) is 23.2 Å². The van der Waals surface area contributed by atoms with Crippen LogP contribution in [-0.4, -0.2) is 20.9 Å². The highest BCUT2D eigenvalue weighted by molar-refractivity contribution is 5.91. The van der Waals surface area contributed by atoms with E-state index in [2.05, 4.69) is 5.10 Å². The van der Waals surface area contributed by atoms with Gasteiger partial charge in [-0.3, -0.25) is 0 Å². The molecule has 21 heavy (non-hydrogen) atoms. The van der Waals surface area contributed by atoms with E-state index in [1.54, 1.807) is 16.8 Å². The van der Waals surface area contributed by atoms with Gasteiger partial charge < -0.3 is 5.11 Å². The SMILES string of the molecule is CC(C)c1c(C(=O)O)c(C2CC2)nn1-c1cccc(F)c1. The quantitative estimate of drug-likeness (QED) is 0.933. The van der Waals surface area contributed by atoms with Crippen LogP contribution in [0.15, 0.2) is 24.3 Å². The summed E-state index contributed by atoms with van der Waals surface area (Å²) >= 11 is 0. The second-order valence-corrected chi connectivity index (χ2v) is 5.77. The van der Waals surface area contributed by atoms with Crippen LogP contribution in [0.25, 0.3) is 5.69 Å². The highest BCUT2D eigenvalue weighted by Gasteiger charge is 2.35. The third-order valence-corrected chi connectivity index (χ3v) is 3.73. The molecule has 0 unspecified atom stereocenters. The molecule has 1 aromatic carbocycles. The molecule has 1 heterocycles. The number of carboxylic acids is 1. The van der Waals surface area contributed by atoms with E-state index in [9.17, 15) is 14.3 Å². The fourth-order valence-corrected chi connectivity index (χ4v) is 2.65. The van der Waals surface area contributed by atoms with E-state index >= 15 is 0 Å². The molecular weight excluding hydrogens is 271 g/mol. The Labute approximate surface area is 122 Å². The third-order valence-electron chi connectivity index (χ3n) is 3.73. The average molecular weight is 288 g/mol. The molecule has 1 aliphatic rings. The van der Waals surface area contributed by atoms with Gasteiger partial charge in [0, 0.05) is 5.92 Å². The van der Waals surface area contributed by atoms with Gasteiger partial charge in [0.05, 0.1) is 17.1 Å². The Balaban J connectivity index is 2.24. The highest BCUT2D eigenvalue weighted by atomic mass is 19.1. The lowest BCUT2D eigenvalue weighted by molar-refractivity contribution is 0.0694. The summed E-state index contributed by atoms with van der Waals surface area (Å²) in [6, 6.07) is 6.08. The van der Waals surface area contributed by atoms with Gasteiger partial charge in [0.25, 0.3) is 0 Å². The van der Waals surface area contributed by atoms with Crippen molar-refractivity contribution in [2.24, 2.45) is 0 Å². The first-order valence-electron chi connectivity index (χ1n) is 7.11. The number of carboxylic acid groups (broad SMARTS) is 1. The Bertz CT molecular complexity index is 702. The minimum atomic E-state index is -0.955. The van der Waals surface area contributed by atoms with Gasteiger partial charge in [-0.1, -0.05) is 19.9 Å². The standard InChI is InChI=1S/C16H17FN2O2/c1-9(2)15-13(16(20)21)14(10-6-7-10)18-19(15)12-5-3-4-11(17)8-12/h3-5,8-10H,6-7H2,1-2H3,(H,20,21). The van der Waals surface area contributed by atoms with E-state index in [1.807, 2.05) is 13.8 Å². The van der Waals surface area contributed by atoms with Crippen LogP contribution in [0.4, 0.5) is 4.39 Å². The number of carbonyl (C=O) groups is 1. The van der Waals surface area contributed by atoms with Crippen molar-refractivity contribution in [2.45, 2.75) is 38.5 Å². The van der Waals surface area contributed by atoms with Gasteiger partial charge in [-0.25, -0.2) is 13.9 Å². The van der Waals surface area contributed by atoms with Crippen LogP contribution in [-0.2, 0) is 0 Å². The second kappa shape index (κ2) is 4.98. The molecule has 0 amide bonds. The number of hydrogen-bond acceptors (Lipinski definition) is 2. The van der Waals surface area contributed by atoms with Gasteiger partial charge in [-0.15, -0.1) is 0 Å². The number of aromatic nitrogens is 2. The molecule has 3 rings (SSSR count). The van der Waals surface area contributed by atoms with Gasteiger partial charge in [0.2, 0.25) is 0 Å². The first-order valence-corrected chi connectivity index (χ1v) is 7.11. The molecule has 1 N–H and O–H groups in total. The monoisotopic (exact) mass is 288 g/mol. The average Bonchev–Trinajstić information content (AvgIpc) is 3.17. The Morgan fingerprint density at radius 3 is 2.67 bits per heavy atom. The molecule has 0 saturated heterocycles. The van der Waals surface area contributed by atoms with Crippen molar-refractivity contribution < 1.29 is 14.3 Å². The lowest BCUT2D eigenvalue weighted by atomic mass is 10.0. The number of aromatic carboxylic acids is 1. The Hall–Kier alpha value is -2.17. The van der Waals surface area contributed by atoms with Crippen molar-refractivity contribution in [1.29, 1.82) is 0 Å². The van der Waals surface area contributed by atoms with Gasteiger partial charge in [-0.05, 0) is 37.0 Å². The van der Waals surface area contributed by atoms with Gasteiger partial charge in [0.15, 0.2) is 0 Å². The van der Waals surface area contributed by atoms with Crippen molar-refractivity contribution in [1.82, 2.24) is 9.78 Å². The maximum atomic E-state index is 13.5. The lowest BCUT2D eigenvalue weighted by Crippen LogP contribution is -2.08. The minimum absolute atomic E-state index is 0.0145. The molecule has 0 atom stereocenters. The van der Waals surface area contributed by atoms with Crippen LogP contribution < -0.4 is 0 Å². The van der Waals surface area contributed by atoms with Crippen molar-refractivity contribution in [3.8, 4) is 5.69 Å². The normalized spacial score (nSPS) is 14.7. The van der Waals surface area contributed by atoms with Crippen LogP contribution in [0.3, 0.4) is 0 Å². The van der Waals surface area contributed by atoms with Crippen molar-refractivity contribution in [3.63, 3.8) is 0 Å². The Morgan fingerprint density at radius 1 is 1.43 bits per heavy atom. The summed E-state index contributed by atoms with van der Waals surface area (Å²) in [5, 5.41) is 14.1. The molecule has 0 bridgehead atoms. The smallest absolute Gasteiger partial charge is 0.339 e. The van der Waals surface area contributed by atoms with Crippen molar-refractivity contribution >= 4 is 5.97 Å². The van der Waals surface area contributed by atoms with Gasteiger partial charge in [-0.2, -0.15) is 5.10 Å². The summed E-state index contributed by atoms with van der Waals surface area (Å²) in [4.78, 5) is 11.7. The number of rotatable bonds is 4. The predicted octanol–water partition coefficient (Wildman–Crippen LogP) is 3.71. The number of halogens is 1. The fraction of sp³-hybridized carbons (Fsp3) is 0.375. The van der Waals surface area contributed by atoms with Gasteiger partial charge >= 0.3 is 5.97 Å². The summed E-state index contributed by atoms with van der Waals surface area (Å²) in [7, 11) is 0. The van der Waals surface area contributed by atoms with E-state index in [4.69, 9.17) is 0 Å². The predicted molar refractivity (Wildman–Crippen MR) is 76.5 cm³/mol. The molecule has 1 aromatic heterocycles. The second-order valence-electron chi connectivity index (χ2n) is 5.77. The highest BCUT2D eigenvalue weighted by Crippen LogP contribution is 2.43. The number of benzene rings is 1. The van der Waals surface area contributed by atoms with E-state index < -0.39 is 5.97 Å². The van der Waals surface area contributed by atoms with Crippen LogP contribution >= 0.6 is 0 Å². The number of nitrogens with zero attached hydrogens (tertiary/aromatic N) is 2. The molecule has 2 aromatic rings. The number of hydrogen-bond donors (Lipinski definition) is 1. The van der Waals surface area contributed by atoms with Gasteiger partial charge in [0.1, 0.15) is 11.4 Å². The largest absolute Gasteiger partial charge is 0.478 e. The lowest BCUT2D eigenvalue weighted by Gasteiger charge is -2.11. The third kappa shape index (κ3) is 2.44. The van der Waals surface area contributed by atoms with Crippen LogP contribution in [0.5, 0.6) is 0 Å². The van der Waals surface area contributed by atoms with Crippen LogP contribution in [0, 0.1) is 5.82 Å². The van der Waals surface area contributed by atoms with E-state index in [0.717, 1.165) is 12.8 Å². The Kier molecular flexibility index (Phi) is 3.27. The molecule has 1 saturated carbocycles. The topological polar surface area (TPSA) is 55.1 Å². The molecule has 0 aliphatic heterocycles. The summed E-state index contributed by atoms with van der Waals surface area (Å²) in [5.41, 5.74) is 2.12. The molecule has 4 nitrogen and oxygen atoms in total. The summed E-state index contributed by atoms with van der Waals surface area (Å²) in [5.74, 6) is -1.10. The van der Waals surface area contributed by atoms with E-state index in [0.29, 0.717) is 17.1 Å². The van der Waals surface area contributed by atoms with Crippen molar-refractivity contribution in [3.05, 3.63) is 47.0 Å². The van der Waals surface area contributed by atoms with Crippen molar-refractivity contribution in [2.75, 3.05) is 0 Å². The van der Waals surface area contributed by atoms with Crippen LogP contribution in [0.2, 0.25) is 0 Å². The first-order chi connectivity index (χ1) is 9.99. The van der Waals surface area contributed by atoms with Crippen LogP contribution in [0.1, 0.15) is 60.3 Å². The zero-order valence-electron chi connectivity index (χ0n) is 12.0. The zero-order valence-corrected chi connectivity index (χ0v) is 12.0. The molecule has 5 heteroatoms. The maximum absolute atomic E-state index is 13.5. The first kappa shape index (κ1) is 13.8. The summed E-state index contributed by atoms with van der Waals surface area (Å²) in [6.07, 6.45) is 1.94. The molecule has 0 radical (unpaired) electrons. The summed E-state index contributed by atoms with van der Waals surface area (Å²) < 4.78 is 15.1. The fourth-order valence-electron chi connectivity index (χ4n) is 2.65. The molecule has 1 aliphatic carbocycles. The molecule has 110 valence electrons. The minimum Gasteiger partial charge on any atom is -0.478 e. The molecule has 1 fully saturated rings. The maximum Gasteiger partial charge on any atom is 0.339 e. The van der Waals surface area contributed by atoms with E-state index in [1.165, 1.54) is 12.1 Å². The zero-order chi connectivity index (χ0) is 15.1.